The van der Waals surface area contributed by atoms with Gasteiger partial charge in [-0.3, -0.25) is 0 Å². The predicted molar refractivity (Wildman–Crippen MR) is 126 cm³/mol. The van der Waals surface area contributed by atoms with Crippen LogP contribution >= 0.6 is 0 Å². The predicted octanol–water partition coefficient (Wildman–Crippen LogP) is 7.23. The SMILES string of the molecule is CC1(C)c2ccccc2-c2cc3c(cc21)c1ccccc1n3-c1cccc2ocnc12. The van der Waals surface area contributed by atoms with Crippen molar-refractivity contribution in [2.45, 2.75) is 19.3 Å². The van der Waals surface area contributed by atoms with E-state index in [1.54, 1.807) is 0 Å². The number of para-hydroxylation sites is 2. The standard InChI is InChI=1S/C28H20N2O/c1-28(2)21-10-5-3-8-17(21)19-15-25-20(14-22(19)28)18-9-4-6-11-23(18)30(25)24-12-7-13-26-27(24)29-16-31-26/h3-16H,1-2H3. The molecule has 0 N–H and O–H groups in total. The fraction of sp³-hybridized carbons (Fsp3) is 0.107. The van der Waals surface area contributed by atoms with Gasteiger partial charge in [0.15, 0.2) is 12.0 Å². The summed E-state index contributed by atoms with van der Waals surface area (Å²) >= 11 is 0. The minimum atomic E-state index is -0.0184. The molecule has 0 radical (unpaired) electrons. The Labute approximate surface area is 179 Å². The molecular formula is C28H20N2O. The van der Waals surface area contributed by atoms with Gasteiger partial charge in [-0.15, -0.1) is 0 Å². The van der Waals surface area contributed by atoms with Crippen LogP contribution < -0.4 is 0 Å². The van der Waals surface area contributed by atoms with E-state index in [2.05, 4.69) is 90.1 Å². The summed E-state index contributed by atoms with van der Waals surface area (Å²) in [6.07, 6.45) is 1.53. The molecule has 0 spiro atoms. The number of oxazole rings is 1. The zero-order chi connectivity index (χ0) is 20.7. The van der Waals surface area contributed by atoms with Gasteiger partial charge in [-0.1, -0.05) is 62.4 Å². The van der Waals surface area contributed by atoms with Crippen LogP contribution in [-0.2, 0) is 5.41 Å². The van der Waals surface area contributed by atoms with Crippen molar-refractivity contribution in [1.29, 1.82) is 0 Å². The lowest BCUT2D eigenvalue weighted by Gasteiger charge is -2.21. The zero-order valence-corrected chi connectivity index (χ0v) is 17.4. The maximum absolute atomic E-state index is 5.60. The molecule has 3 heteroatoms. The second kappa shape index (κ2) is 5.64. The minimum Gasteiger partial charge on any atom is -0.443 e. The van der Waals surface area contributed by atoms with Gasteiger partial charge in [0.2, 0.25) is 0 Å². The molecule has 4 aromatic carbocycles. The molecule has 0 fully saturated rings. The first-order valence-corrected chi connectivity index (χ1v) is 10.6. The van der Waals surface area contributed by atoms with Crippen LogP contribution in [0.1, 0.15) is 25.0 Å². The van der Waals surface area contributed by atoms with Gasteiger partial charge < -0.3 is 8.98 Å². The van der Waals surface area contributed by atoms with E-state index in [9.17, 15) is 0 Å². The van der Waals surface area contributed by atoms with Gasteiger partial charge in [0.25, 0.3) is 0 Å². The highest BCUT2D eigenvalue weighted by molar-refractivity contribution is 6.12. The van der Waals surface area contributed by atoms with Crippen molar-refractivity contribution < 1.29 is 4.42 Å². The Hall–Kier alpha value is -3.85. The molecule has 2 heterocycles. The van der Waals surface area contributed by atoms with Crippen molar-refractivity contribution >= 4 is 32.9 Å². The molecular weight excluding hydrogens is 380 g/mol. The summed E-state index contributed by atoms with van der Waals surface area (Å²) in [6.45, 7) is 4.66. The molecule has 1 aliphatic carbocycles. The van der Waals surface area contributed by atoms with Crippen LogP contribution in [0.5, 0.6) is 0 Å². The van der Waals surface area contributed by atoms with E-state index in [4.69, 9.17) is 4.42 Å². The van der Waals surface area contributed by atoms with E-state index in [0.29, 0.717) is 0 Å². The third kappa shape index (κ3) is 2.05. The van der Waals surface area contributed by atoms with Gasteiger partial charge in [0, 0.05) is 16.2 Å². The quantitative estimate of drug-likeness (QED) is 0.291. The average molecular weight is 400 g/mol. The van der Waals surface area contributed by atoms with Crippen molar-refractivity contribution in [3.05, 3.63) is 96.4 Å². The van der Waals surface area contributed by atoms with Crippen LogP contribution in [0, 0.1) is 0 Å². The fourth-order valence-electron chi connectivity index (χ4n) is 5.47. The molecule has 0 atom stereocenters. The smallest absolute Gasteiger partial charge is 0.182 e. The number of nitrogens with zero attached hydrogens (tertiary/aromatic N) is 2. The van der Waals surface area contributed by atoms with Gasteiger partial charge >= 0.3 is 0 Å². The maximum atomic E-state index is 5.60. The van der Waals surface area contributed by atoms with Crippen LogP contribution in [0.25, 0.3) is 49.7 Å². The van der Waals surface area contributed by atoms with Gasteiger partial charge in [-0.05, 0) is 52.6 Å². The second-order valence-electron chi connectivity index (χ2n) is 8.91. The highest BCUT2D eigenvalue weighted by atomic mass is 16.3. The minimum absolute atomic E-state index is 0.0184. The van der Waals surface area contributed by atoms with E-state index in [1.807, 2.05) is 12.1 Å². The molecule has 1 aliphatic rings. The number of benzene rings is 4. The van der Waals surface area contributed by atoms with Crippen LogP contribution in [0.3, 0.4) is 0 Å². The number of hydrogen-bond acceptors (Lipinski definition) is 2. The topological polar surface area (TPSA) is 31.0 Å². The molecule has 3 nitrogen and oxygen atoms in total. The number of fused-ring (bicyclic) bond motifs is 7. The van der Waals surface area contributed by atoms with Crippen LogP contribution in [-0.4, -0.2) is 9.55 Å². The number of rotatable bonds is 1. The molecule has 0 aliphatic heterocycles. The molecule has 0 saturated carbocycles. The summed E-state index contributed by atoms with van der Waals surface area (Å²) in [5.74, 6) is 0. The molecule has 31 heavy (non-hydrogen) atoms. The first kappa shape index (κ1) is 16.9. The van der Waals surface area contributed by atoms with E-state index in [-0.39, 0.29) is 5.41 Å². The number of aromatic nitrogens is 2. The summed E-state index contributed by atoms with van der Waals surface area (Å²) in [6, 6.07) is 28.4. The molecule has 0 unspecified atom stereocenters. The fourth-order valence-corrected chi connectivity index (χ4v) is 5.47. The Morgan fingerprint density at radius 3 is 2.52 bits per heavy atom. The molecule has 7 rings (SSSR count). The van der Waals surface area contributed by atoms with E-state index < -0.39 is 0 Å². The van der Waals surface area contributed by atoms with Crippen LogP contribution in [0.4, 0.5) is 0 Å². The first-order valence-electron chi connectivity index (χ1n) is 10.6. The summed E-state index contributed by atoms with van der Waals surface area (Å²) in [4.78, 5) is 4.53. The van der Waals surface area contributed by atoms with Gasteiger partial charge in [0.05, 0.1) is 16.7 Å². The lowest BCUT2D eigenvalue weighted by Crippen LogP contribution is -2.14. The third-order valence-electron chi connectivity index (χ3n) is 6.96. The Balaban J connectivity index is 1.67. The van der Waals surface area contributed by atoms with Crippen molar-refractivity contribution in [2.24, 2.45) is 0 Å². The van der Waals surface area contributed by atoms with E-state index in [0.717, 1.165) is 16.8 Å². The molecule has 2 aromatic heterocycles. The highest BCUT2D eigenvalue weighted by Crippen LogP contribution is 2.51. The Kier molecular flexibility index (Phi) is 3.07. The zero-order valence-electron chi connectivity index (χ0n) is 17.4. The van der Waals surface area contributed by atoms with E-state index in [1.165, 1.54) is 50.5 Å². The normalized spacial score (nSPS) is 14.4. The molecule has 6 aromatic rings. The average Bonchev–Trinajstić information content (AvgIpc) is 3.46. The van der Waals surface area contributed by atoms with Crippen molar-refractivity contribution in [3.8, 4) is 16.8 Å². The lowest BCUT2D eigenvalue weighted by molar-refractivity contribution is 0.602. The van der Waals surface area contributed by atoms with Gasteiger partial charge in [-0.2, -0.15) is 0 Å². The molecule has 0 bridgehead atoms. The van der Waals surface area contributed by atoms with Crippen molar-refractivity contribution in [2.75, 3.05) is 0 Å². The summed E-state index contributed by atoms with van der Waals surface area (Å²) in [5.41, 5.74) is 10.5. The van der Waals surface area contributed by atoms with Crippen LogP contribution in [0.15, 0.2) is 89.7 Å². The summed E-state index contributed by atoms with van der Waals surface area (Å²) in [5, 5.41) is 2.53. The summed E-state index contributed by atoms with van der Waals surface area (Å²) < 4.78 is 7.94. The third-order valence-corrected chi connectivity index (χ3v) is 6.96. The van der Waals surface area contributed by atoms with Gasteiger partial charge in [-0.25, -0.2) is 4.98 Å². The number of hydrogen-bond donors (Lipinski definition) is 0. The van der Waals surface area contributed by atoms with Crippen LogP contribution in [0.2, 0.25) is 0 Å². The van der Waals surface area contributed by atoms with Crippen molar-refractivity contribution in [3.63, 3.8) is 0 Å². The molecule has 148 valence electrons. The lowest BCUT2D eigenvalue weighted by atomic mass is 9.82. The van der Waals surface area contributed by atoms with Crippen molar-refractivity contribution in [1.82, 2.24) is 9.55 Å². The Morgan fingerprint density at radius 2 is 1.58 bits per heavy atom. The summed E-state index contributed by atoms with van der Waals surface area (Å²) in [7, 11) is 0. The largest absolute Gasteiger partial charge is 0.443 e. The Morgan fingerprint density at radius 1 is 0.742 bits per heavy atom. The molecule has 0 amide bonds. The first-order chi connectivity index (χ1) is 15.1. The Bertz CT molecular complexity index is 1670. The molecule has 0 saturated heterocycles. The second-order valence-corrected chi connectivity index (χ2v) is 8.91. The van der Waals surface area contributed by atoms with Gasteiger partial charge in [0.1, 0.15) is 5.52 Å². The van der Waals surface area contributed by atoms with E-state index >= 15 is 0 Å². The monoisotopic (exact) mass is 400 g/mol. The highest BCUT2D eigenvalue weighted by Gasteiger charge is 2.36. The maximum Gasteiger partial charge on any atom is 0.182 e.